The SMILES string of the molecule is Fc1cc(Cl)cnc1NCc1sccc1Br. The Hall–Kier alpha value is -0.650. The summed E-state index contributed by atoms with van der Waals surface area (Å²) < 4.78 is 14.4. The molecular weight excluding hydrogens is 315 g/mol. The Bertz CT molecular complexity index is 503. The number of aromatic nitrogens is 1. The smallest absolute Gasteiger partial charge is 0.166 e. The maximum atomic E-state index is 13.4. The summed E-state index contributed by atoms with van der Waals surface area (Å²) in [5.74, 6) is -0.232. The van der Waals surface area contributed by atoms with Gasteiger partial charge in [-0.2, -0.15) is 0 Å². The molecule has 0 aliphatic heterocycles. The molecule has 0 radical (unpaired) electrons. The summed E-state index contributed by atoms with van der Waals surface area (Å²) >= 11 is 10.6. The summed E-state index contributed by atoms with van der Waals surface area (Å²) in [4.78, 5) is 4.97. The lowest BCUT2D eigenvalue weighted by atomic mass is 10.4. The summed E-state index contributed by atoms with van der Waals surface area (Å²) in [6.07, 6.45) is 1.41. The van der Waals surface area contributed by atoms with Crippen LogP contribution in [-0.2, 0) is 6.54 Å². The van der Waals surface area contributed by atoms with Gasteiger partial charge in [-0.1, -0.05) is 11.6 Å². The number of halogens is 3. The van der Waals surface area contributed by atoms with Gasteiger partial charge in [0.2, 0.25) is 0 Å². The number of pyridine rings is 1. The molecule has 2 rings (SSSR count). The van der Waals surface area contributed by atoms with Gasteiger partial charge >= 0.3 is 0 Å². The molecule has 2 heterocycles. The summed E-state index contributed by atoms with van der Waals surface area (Å²) in [5.41, 5.74) is 0. The lowest BCUT2D eigenvalue weighted by Crippen LogP contribution is -2.02. The second kappa shape index (κ2) is 5.12. The molecule has 0 saturated heterocycles. The van der Waals surface area contributed by atoms with Crippen LogP contribution in [0.3, 0.4) is 0 Å². The third kappa shape index (κ3) is 2.72. The van der Waals surface area contributed by atoms with Gasteiger partial charge < -0.3 is 5.32 Å². The first kappa shape index (κ1) is 11.8. The van der Waals surface area contributed by atoms with Gasteiger partial charge in [-0.15, -0.1) is 11.3 Å². The van der Waals surface area contributed by atoms with Crippen molar-refractivity contribution in [3.05, 3.63) is 43.9 Å². The number of hydrogen-bond donors (Lipinski definition) is 1. The molecule has 84 valence electrons. The largest absolute Gasteiger partial charge is 0.363 e. The van der Waals surface area contributed by atoms with Crippen molar-refractivity contribution in [1.82, 2.24) is 4.98 Å². The highest BCUT2D eigenvalue weighted by Gasteiger charge is 2.06. The number of rotatable bonds is 3. The number of hydrogen-bond acceptors (Lipinski definition) is 3. The van der Waals surface area contributed by atoms with Crippen molar-refractivity contribution >= 4 is 44.7 Å². The molecule has 2 nitrogen and oxygen atoms in total. The van der Waals surface area contributed by atoms with Crippen LogP contribution in [0.1, 0.15) is 4.88 Å². The molecule has 0 aliphatic carbocycles. The fourth-order valence-corrected chi connectivity index (χ4v) is 2.74. The van der Waals surface area contributed by atoms with E-state index >= 15 is 0 Å². The second-order valence-corrected chi connectivity index (χ2v) is 5.32. The minimum absolute atomic E-state index is 0.213. The molecule has 6 heteroatoms. The Morgan fingerprint density at radius 1 is 1.56 bits per heavy atom. The fraction of sp³-hybridized carbons (Fsp3) is 0.100. The van der Waals surface area contributed by atoms with Crippen LogP contribution >= 0.6 is 38.9 Å². The Kier molecular flexibility index (Phi) is 3.78. The van der Waals surface area contributed by atoms with E-state index in [0.29, 0.717) is 11.6 Å². The van der Waals surface area contributed by atoms with Gasteiger partial charge in [0.25, 0.3) is 0 Å². The van der Waals surface area contributed by atoms with Crippen LogP contribution in [0, 0.1) is 5.82 Å². The minimum atomic E-state index is -0.444. The highest BCUT2D eigenvalue weighted by Crippen LogP contribution is 2.24. The molecule has 0 aromatic carbocycles. The zero-order valence-electron chi connectivity index (χ0n) is 8.01. The molecule has 0 unspecified atom stereocenters. The minimum Gasteiger partial charge on any atom is -0.363 e. The van der Waals surface area contributed by atoms with Crippen LogP contribution in [0.2, 0.25) is 5.02 Å². The van der Waals surface area contributed by atoms with E-state index < -0.39 is 5.82 Å². The molecule has 16 heavy (non-hydrogen) atoms. The first-order valence-corrected chi connectivity index (χ1v) is 6.48. The first-order valence-electron chi connectivity index (χ1n) is 4.43. The van der Waals surface area contributed by atoms with E-state index in [2.05, 4.69) is 26.2 Å². The molecule has 0 spiro atoms. The van der Waals surface area contributed by atoms with Crippen molar-refractivity contribution in [2.75, 3.05) is 5.32 Å². The lowest BCUT2D eigenvalue weighted by Gasteiger charge is -2.05. The normalized spacial score (nSPS) is 10.4. The van der Waals surface area contributed by atoms with Crippen molar-refractivity contribution in [2.24, 2.45) is 0 Å². The van der Waals surface area contributed by atoms with Gasteiger partial charge in [0, 0.05) is 15.5 Å². The lowest BCUT2D eigenvalue weighted by molar-refractivity contribution is 0.624. The van der Waals surface area contributed by atoms with Crippen LogP contribution in [-0.4, -0.2) is 4.98 Å². The standard InChI is InChI=1S/C10H7BrClFN2S/c11-7-1-2-16-9(7)5-15-10-8(13)3-6(12)4-14-10/h1-4H,5H2,(H,14,15). The van der Waals surface area contributed by atoms with E-state index in [4.69, 9.17) is 11.6 Å². The van der Waals surface area contributed by atoms with Gasteiger partial charge in [0.15, 0.2) is 11.6 Å². The van der Waals surface area contributed by atoms with Gasteiger partial charge in [0.1, 0.15) is 0 Å². The zero-order valence-corrected chi connectivity index (χ0v) is 11.2. The van der Waals surface area contributed by atoms with E-state index in [0.717, 1.165) is 9.35 Å². The Labute approximate surface area is 110 Å². The van der Waals surface area contributed by atoms with Crippen molar-refractivity contribution in [1.29, 1.82) is 0 Å². The van der Waals surface area contributed by atoms with E-state index in [1.54, 1.807) is 11.3 Å². The van der Waals surface area contributed by atoms with Crippen LogP contribution in [0.25, 0.3) is 0 Å². The molecule has 0 aliphatic rings. The van der Waals surface area contributed by atoms with Crippen LogP contribution in [0.5, 0.6) is 0 Å². The molecule has 2 aromatic heterocycles. The highest BCUT2D eigenvalue weighted by atomic mass is 79.9. The second-order valence-electron chi connectivity index (χ2n) is 3.03. The Morgan fingerprint density at radius 2 is 2.38 bits per heavy atom. The van der Waals surface area contributed by atoms with Crippen LogP contribution < -0.4 is 5.32 Å². The fourth-order valence-electron chi connectivity index (χ4n) is 1.16. The van der Waals surface area contributed by atoms with Crippen molar-refractivity contribution in [3.8, 4) is 0 Å². The number of anilines is 1. The monoisotopic (exact) mass is 320 g/mol. The quantitative estimate of drug-likeness (QED) is 0.911. The third-order valence-corrected chi connectivity index (χ3v) is 4.05. The molecule has 0 amide bonds. The van der Waals surface area contributed by atoms with Crippen molar-refractivity contribution in [3.63, 3.8) is 0 Å². The van der Waals surface area contributed by atoms with Crippen molar-refractivity contribution in [2.45, 2.75) is 6.54 Å². The van der Waals surface area contributed by atoms with E-state index in [9.17, 15) is 4.39 Å². The molecule has 0 atom stereocenters. The number of thiophene rings is 1. The molecule has 0 bridgehead atoms. The Balaban J connectivity index is 2.08. The van der Waals surface area contributed by atoms with E-state index in [1.165, 1.54) is 12.3 Å². The zero-order chi connectivity index (χ0) is 11.5. The molecule has 0 saturated carbocycles. The molecule has 2 aromatic rings. The van der Waals surface area contributed by atoms with Gasteiger partial charge in [-0.05, 0) is 33.4 Å². The molecule has 0 fully saturated rings. The van der Waals surface area contributed by atoms with Crippen molar-refractivity contribution < 1.29 is 4.39 Å². The average Bonchev–Trinajstić information content (AvgIpc) is 2.63. The predicted octanol–water partition coefficient (Wildman–Crippen LogP) is 4.31. The Morgan fingerprint density at radius 3 is 3.00 bits per heavy atom. The first-order chi connectivity index (χ1) is 7.66. The molecule has 1 N–H and O–H groups in total. The number of nitrogens with one attached hydrogen (secondary N) is 1. The summed E-state index contributed by atoms with van der Waals surface area (Å²) in [5, 5.41) is 5.18. The maximum Gasteiger partial charge on any atom is 0.166 e. The third-order valence-electron chi connectivity index (χ3n) is 1.92. The summed E-state index contributed by atoms with van der Waals surface area (Å²) in [6, 6.07) is 3.19. The van der Waals surface area contributed by atoms with Gasteiger partial charge in [0.05, 0.1) is 11.6 Å². The maximum absolute atomic E-state index is 13.4. The highest BCUT2D eigenvalue weighted by molar-refractivity contribution is 9.10. The summed E-state index contributed by atoms with van der Waals surface area (Å²) in [7, 11) is 0. The number of nitrogens with zero attached hydrogens (tertiary/aromatic N) is 1. The summed E-state index contributed by atoms with van der Waals surface area (Å²) in [6.45, 7) is 0.532. The average molecular weight is 322 g/mol. The predicted molar refractivity (Wildman–Crippen MR) is 68.6 cm³/mol. The molecular formula is C10H7BrClFN2S. The topological polar surface area (TPSA) is 24.9 Å². The van der Waals surface area contributed by atoms with Crippen LogP contribution in [0.4, 0.5) is 10.2 Å². The van der Waals surface area contributed by atoms with E-state index in [1.807, 2.05) is 11.4 Å². The van der Waals surface area contributed by atoms with Crippen LogP contribution in [0.15, 0.2) is 28.2 Å². The van der Waals surface area contributed by atoms with Gasteiger partial charge in [-0.25, -0.2) is 9.37 Å². The van der Waals surface area contributed by atoms with E-state index in [-0.39, 0.29) is 5.82 Å². The van der Waals surface area contributed by atoms with Gasteiger partial charge in [-0.3, -0.25) is 0 Å².